The van der Waals surface area contributed by atoms with Crippen LogP contribution in [0.3, 0.4) is 0 Å². The summed E-state index contributed by atoms with van der Waals surface area (Å²) >= 11 is 10.0. The van der Waals surface area contributed by atoms with Crippen molar-refractivity contribution in [3.63, 3.8) is 0 Å². The Morgan fingerprint density at radius 1 is 1.26 bits per heavy atom. The van der Waals surface area contributed by atoms with E-state index in [2.05, 4.69) is 5.32 Å². The summed E-state index contributed by atoms with van der Waals surface area (Å²) in [6.07, 6.45) is 1.36. The van der Waals surface area contributed by atoms with Gasteiger partial charge in [0.05, 0.1) is 10.8 Å². The molecule has 0 aliphatic heterocycles. The molecule has 0 saturated heterocycles. The molecular formula is C13H10FNO2S2. The van der Waals surface area contributed by atoms with Crippen molar-refractivity contribution in [1.82, 2.24) is 5.32 Å². The number of hydrogen-bond donors (Lipinski definition) is 2. The highest BCUT2D eigenvalue weighted by atomic mass is 32.1. The van der Waals surface area contributed by atoms with E-state index in [-0.39, 0.29) is 26.8 Å². The molecule has 3 nitrogen and oxygen atoms in total. The van der Waals surface area contributed by atoms with Crippen LogP contribution in [0.2, 0.25) is 0 Å². The van der Waals surface area contributed by atoms with Gasteiger partial charge in [-0.3, -0.25) is 0 Å². The second-order valence-electron chi connectivity index (χ2n) is 3.77. The van der Waals surface area contributed by atoms with Gasteiger partial charge in [0.25, 0.3) is 0 Å². The second-order valence-corrected chi connectivity index (χ2v) is 4.62. The zero-order valence-electron chi connectivity index (χ0n) is 9.72. The molecule has 0 saturated carbocycles. The molecule has 1 heterocycles. The lowest BCUT2D eigenvalue weighted by molar-refractivity contribution is 0.427. The van der Waals surface area contributed by atoms with Crippen LogP contribution in [0.4, 0.5) is 4.39 Å². The van der Waals surface area contributed by atoms with Crippen LogP contribution in [0.5, 0.6) is 5.75 Å². The van der Waals surface area contributed by atoms with E-state index in [1.807, 2.05) is 0 Å². The fraction of sp³-hybridized carbons (Fsp3) is 0.0769. The molecule has 2 aromatic rings. The third-order valence-corrected chi connectivity index (χ3v) is 3.09. The van der Waals surface area contributed by atoms with Crippen molar-refractivity contribution in [3.8, 4) is 5.75 Å². The van der Waals surface area contributed by atoms with Crippen molar-refractivity contribution in [1.29, 1.82) is 0 Å². The maximum atomic E-state index is 12.7. The van der Waals surface area contributed by atoms with Crippen LogP contribution in [0, 0.1) is 10.3 Å². The predicted molar refractivity (Wildman–Crippen MR) is 76.1 cm³/mol. The highest BCUT2D eigenvalue weighted by Gasteiger charge is 2.10. The number of benzene rings is 1. The van der Waals surface area contributed by atoms with Gasteiger partial charge >= 0.3 is 0 Å². The third-order valence-electron chi connectivity index (χ3n) is 2.43. The van der Waals surface area contributed by atoms with E-state index in [9.17, 15) is 9.50 Å². The van der Waals surface area contributed by atoms with Crippen LogP contribution < -0.4 is 5.32 Å². The summed E-state index contributed by atoms with van der Waals surface area (Å²) in [5.74, 6) is -0.323. The SMILES string of the molecule is Oc1c(C(=S)NCc2ccc(F)cc2)occc1=S. The quantitative estimate of drug-likeness (QED) is 0.851. The molecular weight excluding hydrogens is 285 g/mol. The Balaban J connectivity index is 2.07. The second kappa shape index (κ2) is 5.90. The molecule has 0 spiro atoms. The average molecular weight is 295 g/mol. The van der Waals surface area contributed by atoms with Gasteiger partial charge < -0.3 is 14.8 Å². The zero-order valence-corrected chi connectivity index (χ0v) is 11.4. The summed E-state index contributed by atoms with van der Waals surface area (Å²) in [5, 5.41) is 12.6. The Morgan fingerprint density at radius 2 is 1.95 bits per heavy atom. The number of aromatic hydroxyl groups is 1. The van der Waals surface area contributed by atoms with Crippen molar-refractivity contribution < 1.29 is 13.9 Å². The molecule has 98 valence electrons. The Bertz CT molecular complexity index is 652. The number of halogens is 1. The monoisotopic (exact) mass is 295 g/mol. The fourth-order valence-corrected chi connectivity index (χ4v) is 1.80. The molecule has 0 radical (unpaired) electrons. The van der Waals surface area contributed by atoms with Crippen LogP contribution in [-0.2, 0) is 6.54 Å². The molecule has 6 heteroatoms. The molecule has 0 atom stereocenters. The summed E-state index contributed by atoms with van der Waals surface area (Å²) in [6.45, 7) is 0.399. The van der Waals surface area contributed by atoms with Crippen molar-refractivity contribution in [3.05, 3.63) is 58.2 Å². The topological polar surface area (TPSA) is 45.4 Å². The van der Waals surface area contributed by atoms with Crippen molar-refractivity contribution >= 4 is 29.4 Å². The average Bonchev–Trinajstić information content (AvgIpc) is 2.41. The minimum absolute atomic E-state index is 0.129. The maximum Gasteiger partial charge on any atom is 0.203 e. The van der Waals surface area contributed by atoms with E-state index >= 15 is 0 Å². The lowest BCUT2D eigenvalue weighted by Crippen LogP contribution is -2.21. The molecule has 0 aliphatic rings. The van der Waals surface area contributed by atoms with Gasteiger partial charge in [-0.25, -0.2) is 4.39 Å². The predicted octanol–water partition coefficient (Wildman–Crippen LogP) is 3.32. The molecule has 0 bridgehead atoms. The van der Waals surface area contributed by atoms with E-state index in [0.29, 0.717) is 6.54 Å². The third kappa shape index (κ3) is 3.36. The van der Waals surface area contributed by atoms with Crippen LogP contribution in [0.25, 0.3) is 0 Å². The lowest BCUT2D eigenvalue weighted by atomic mass is 10.2. The molecule has 19 heavy (non-hydrogen) atoms. The first-order chi connectivity index (χ1) is 9.08. The zero-order chi connectivity index (χ0) is 13.8. The number of hydrogen-bond acceptors (Lipinski definition) is 4. The Kier molecular flexibility index (Phi) is 4.24. The smallest absolute Gasteiger partial charge is 0.203 e. The van der Waals surface area contributed by atoms with E-state index in [0.717, 1.165) is 5.56 Å². The Morgan fingerprint density at radius 3 is 2.63 bits per heavy atom. The number of nitrogens with one attached hydrogen (secondary N) is 1. The summed E-state index contributed by atoms with van der Waals surface area (Å²) in [5.41, 5.74) is 0.859. The van der Waals surface area contributed by atoms with Crippen molar-refractivity contribution in [2.45, 2.75) is 6.54 Å². The van der Waals surface area contributed by atoms with Crippen molar-refractivity contribution in [2.75, 3.05) is 0 Å². The van der Waals surface area contributed by atoms with E-state index < -0.39 is 0 Å². The lowest BCUT2D eigenvalue weighted by Gasteiger charge is -2.08. The first-order valence-corrected chi connectivity index (χ1v) is 6.23. The molecule has 2 N–H and O–H groups in total. The number of rotatable bonds is 3. The van der Waals surface area contributed by atoms with Crippen LogP contribution in [-0.4, -0.2) is 10.1 Å². The highest BCUT2D eigenvalue weighted by Crippen LogP contribution is 2.18. The Hall–Kier alpha value is -1.79. The summed E-state index contributed by atoms with van der Waals surface area (Å²) in [7, 11) is 0. The standard InChI is InChI=1S/C13H10FNO2S2/c14-9-3-1-8(2-4-9)7-15-13(19)12-11(16)10(18)5-6-17-12/h1-6,16H,7H2,(H,15,19). The molecule has 0 amide bonds. The van der Waals surface area contributed by atoms with Gasteiger partial charge in [0, 0.05) is 6.54 Å². The van der Waals surface area contributed by atoms with Crippen LogP contribution in [0.15, 0.2) is 41.0 Å². The highest BCUT2D eigenvalue weighted by molar-refractivity contribution is 7.80. The van der Waals surface area contributed by atoms with E-state index in [1.165, 1.54) is 24.5 Å². The fourth-order valence-electron chi connectivity index (χ4n) is 1.44. The first-order valence-electron chi connectivity index (χ1n) is 5.41. The van der Waals surface area contributed by atoms with Gasteiger partial charge in [-0.15, -0.1) is 0 Å². The van der Waals surface area contributed by atoms with Gasteiger partial charge in [-0.1, -0.05) is 36.6 Å². The molecule has 0 unspecified atom stereocenters. The van der Waals surface area contributed by atoms with Gasteiger partial charge in [0.15, 0.2) is 5.75 Å². The summed E-state index contributed by atoms with van der Waals surface area (Å²) < 4.78 is 18.1. The normalized spacial score (nSPS) is 10.2. The molecule has 1 aromatic heterocycles. The Labute approximate surface area is 119 Å². The minimum Gasteiger partial charge on any atom is -0.503 e. The molecule has 0 aliphatic carbocycles. The summed E-state index contributed by atoms with van der Waals surface area (Å²) in [6, 6.07) is 7.49. The summed E-state index contributed by atoms with van der Waals surface area (Å²) in [4.78, 5) is 0.244. The number of thiocarbonyl (C=S) groups is 1. The van der Waals surface area contributed by atoms with Gasteiger partial charge in [0.2, 0.25) is 5.76 Å². The molecule has 2 rings (SSSR count). The van der Waals surface area contributed by atoms with E-state index in [4.69, 9.17) is 28.9 Å². The van der Waals surface area contributed by atoms with Crippen LogP contribution in [0.1, 0.15) is 11.3 Å². The van der Waals surface area contributed by atoms with Gasteiger partial charge in [0.1, 0.15) is 10.8 Å². The molecule has 1 aromatic carbocycles. The van der Waals surface area contributed by atoms with Crippen LogP contribution >= 0.6 is 24.4 Å². The minimum atomic E-state index is -0.294. The maximum absolute atomic E-state index is 12.7. The first kappa shape index (κ1) is 13.6. The largest absolute Gasteiger partial charge is 0.503 e. The van der Waals surface area contributed by atoms with Gasteiger partial charge in [-0.05, 0) is 23.8 Å². The van der Waals surface area contributed by atoms with Crippen molar-refractivity contribution in [2.24, 2.45) is 0 Å². The van der Waals surface area contributed by atoms with Gasteiger partial charge in [-0.2, -0.15) is 0 Å². The van der Waals surface area contributed by atoms with E-state index in [1.54, 1.807) is 12.1 Å². The molecule has 0 fully saturated rings.